The molecule has 9 heteroatoms. The number of carboxylic acid groups (broad SMARTS) is 1. The first kappa shape index (κ1) is 16.5. The van der Waals surface area contributed by atoms with E-state index in [1.54, 1.807) is 14.7 Å². The Bertz CT molecular complexity index is 587. The predicted molar refractivity (Wildman–Crippen MR) is 83.0 cm³/mol. The molecule has 2 atom stereocenters. The van der Waals surface area contributed by atoms with E-state index in [0.717, 1.165) is 32.4 Å². The molecule has 3 aliphatic rings. The fourth-order valence-electron chi connectivity index (χ4n) is 3.90. The highest BCUT2D eigenvalue weighted by Gasteiger charge is 2.49. The van der Waals surface area contributed by atoms with Crippen molar-refractivity contribution in [3.05, 3.63) is 0 Å². The van der Waals surface area contributed by atoms with Gasteiger partial charge in [-0.1, -0.05) is 0 Å². The number of carboxylic acids is 1. The Kier molecular flexibility index (Phi) is 4.50. The van der Waals surface area contributed by atoms with Gasteiger partial charge >= 0.3 is 12.0 Å². The van der Waals surface area contributed by atoms with Gasteiger partial charge in [-0.25, -0.2) is 13.2 Å². The van der Waals surface area contributed by atoms with Crippen molar-refractivity contribution in [3.63, 3.8) is 0 Å². The Morgan fingerprint density at radius 2 is 1.61 bits per heavy atom. The number of piperidine rings is 1. The predicted octanol–water partition coefficient (Wildman–Crippen LogP) is -0.540. The highest BCUT2D eigenvalue weighted by molar-refractivity contribution is 7.91. The lowest BCUT2D eigenvalue weighted by atomic mass is 10.0. The molecule has 8 nitrogen and oxygen atoms in total. The smallest absolute Gasteiger partial charge is 0.320 e. The number of urea groups is 1. The van der Waals surface area contributed by atoms with E-state index in [2.05, 4.69) is 0 Å². The summed E-state index contributed by atoms with van der Waals surface area (Å²) in [5.74, 6) is -1.09. The number of amides is 2. The highest BCUT2D eigenvalue weighted by atomic mass is 32.2. The van der Waals surface area contributed by atoms with Crippen molar-refractivity contribution in [1.82, 2.24) is 14.7 Å². The monoisotopic (exact) mass is 345 g/mol. The summed E-state index contributed by atoms with van der Waals surface area (Å²) in [5.41, 5.74) is 0. The van der Waals surface area contributed by atoms with E-state index in [0.29, 0.717) is 13.1 Å². The fourth-order valence-corrected chi connectivity index (χ4v) is 5.91. The van der Waals surface area contributed by atoms with Crippen LogP contribution in [0.1, 0.15) is 19.3 Å². The quantitative estimate of drug-likeness (QED) is 0.722. The van der Waals surface area contributed by atoms with Crippen LogP contribution in [0.2, 0.25) is 0 Å². The van der Waals surface area contributed by atoms with Crippen LogP contribution in [0.15, 0.2) is 0 Å². The van der Waals surface area contributed by atoms with Crippen molar-refractivity contribution in [2.24, 2.45) is 0 Å². The molecule has 0 aromatic rings. The van der Waals surface area contributed by atoms with Gasteiger partial charge in [0.25, 0.3) is 0 Å². The van der Waals surface area contributed by atoms with Crippen molar-refractivity contribution in [1.29, 1.82) is 0 Å². The molecule has 3 aliphatic heterocycles. The Morgan fingerprint density at radius 1 is 0.957 bits per heavy atom. The number of piperazine rings is 1. The van der Waals surface area contributed by atoms with Crippen LogP contribution in [0, 0.1) is 0 Å². The van der Waals surface area contributed by atoms with Gasteiger partial charge in [-0.3, -0.25) is 9.69 Å². The first-order valence-corrected chi connectivity index (χ1v) is 9.91. The highest BCUT2D eigenvalue weighted by Crippen LogP contribution is 2.28. The van der Waals surface area contributed by atoms with E-state index < -0.39 is 27.9 Å². The molecule has 23 heavy (non-hydrogen) atoms. The summed E-state index contributed by atoms with van der Waals surface area (Å²) in [5, 5.41) is 9.01. The number of nitrogens with zero attached hydrogens (tertiary/aromatic N) is 3. The zero-order valence-corrected chi connectivity index (χ0v) is 13.9. The lowest BCUT2D eigenvalue weighted by Gasteiger charge is -2.45. The van der Waals surface area contributed by atoms with Crippen molar-refractivity contribution >= 4 is 21.8 Å². The number of sulfone groups is 1. The van der Waals surface area contributed by atoms with Crippen LogP contribution < -0.4 is 0 Å². The van der Waals surface area contributed by atoms with E-state index in [-0.39, 0.29) is 24.1 Å². The van der Waals surface area contributed by atoms with Crippen LogP contribution in [0.5, 0.6) is 0 Å². The van der Waals surface area contributed by atoms with Gasteiger partial charge < -0.3 is 14.9 Å². The summed E-state index contributed by atoms with van der Waals surface area (Å²) in [6, 6.07) is -0.923. The average Bonchev–Trinajstić information content (AvgIpc) is 2.83. The van der Waals surface area contributed by atoms with Gasteiger partial charge in [0.05, 0.1) is 24.1 Å². The van der Waals surface area contributed by atoms with Crippen LogP contribution in [-0.4, -0.2) is 96.5 Å². The second-order valence-electron chi connectivity index (χ2n) is 6.60. The maximum absolute atomic E-state index is 12.8. The third-order valence-electron chi connectivity index (χ3n) is 5.00. The molecule has 0 aliphatic carbocycles. The Labute approximate surface area is 135 Å². The minimum absolute atomic E-state index is 0.0608. The number of rotatable bonds is 2. The molecule has 0 radical (unpaired) electrons. The Hall–Kier alpha value is -1.35. The largest absolute Gasteiger partial charge is 0.480 e. The summed E-state index contributed by atoms with van der Waals surface area (Å²) < 4.78 is 24.1. The molecule has 0 aromatic carbocycles. The third kappa shape index (κ3) is 3.45. The molecule has 3 rings (SSSR count). The zero-order valence-electron chi connectivity index (χ0n) is 13.1. The zero-order chi connectivity index (χ0) is 16.6. The van der Waals surface area contributed by atoms with Gasteiger partial charge in [0, 0.05) is 32.2 Å². The molecule has 0 unspecified atom stereocenters. The van der Waals surface area contributed by atoms with Gasteiger partial charge in [-0.05, 0) is 19.3 Å². The molecule has 0 saturated carbocycles. The maximum atomic E-state index is 12.8. The third-order valence-corrected chi connectivity index (χ3v) is 6.70. The van der Waals surface area contributed by atoms with Crippen LogP contribution in [-0.2, 0) is 14.6 Å². The van der Waals surface area contributed by atoms with Crippen molar-refractivity contribution in [2.75, 3.05) is 44.2 Å². The number of fused-ring (bicyclic) bond motifs is 1. The van der Waals surface area contributed by atoms with Crippen LogP contribution in [0.4, 0.5) is 4.79 Å². The Balaban J connectivity index is 1.78. The van der Waals surface area contributed by atoms with Gasteiger partial charge in [0.15, 0.2) is 9.84 Å². The maximum Gasteiger partial charge on any atom is 0.320 e. The van der Waals surface area contributed by atoms with Gasteiger partial charge in [-0.2, -0.15) is 0 Å². The van der Waals surface area contributed by atoms with Crippen LogP contribution in [0.25, 0.3) is 0 Å². The van der Waals surface area contributed by atoms with Crippen molar-refractivity contribution in [2.45, 2.75) is 31.3 Å². The molecule has 1 N–H and O–H groups in total. The number of aliphatic carboxylic acids is 1. The van der Waals surface area contributed by atoms with E-state index in [4.69, 9.17) is 5.11 Å². The summed E-state index contributed by atoms with van der Waals surface area (Å²) >= 11 is 0. The molecule has 0 bridgehead atoms. The summed E-state index contributed by atoms with van der Waals surface area (Å²) in [6.07, 6.45) is 3.09. The van der Waals surface area contributed by atoms with E-state index in [1.807, 2.05) is 0 Å². The van der Waals surface area contributed by atoms with Gasteiger partial charge in [0.2, 0.25) is 0 Å². The molecule has 3 heterocycles. The summed E-state index contributed by atoms with van der Waals surface area (Å²) in [6.45, 7) is 2.06. The lowest BCUT2D eigenvalue weighted by molar-refractivity contribution is -0.139. The lowest BCUT2D eigenvalue weighted by Crippen LogP contribution is -2.63. The SMILES string of the molecule is O=C(O)CN1CCN(C(=O)N2CCCCC2)[C@H]2CS(=O)(=O)C[C@H]21. The fraction of sp³-hybridized carbons (Fsp3) is 0.857. The van der Waals surface area contributed by atoms with Crippen LogP contribution >= 0.6 is 0 Å². The topological polar surface area (TPSA) is 98.2 Å². The molecule has 0 spiro atoms. The molecule has 130 valence electrons. The van der Waals surface area contributed by atoms with Crippen LogP contribution in [0.3, 0.4) is 0 Å². The van der Waals surface area contributed by atoms with Crippen molar-refractivity contribution in [3.8, 4) is 0 Å². The number of hydrogen-bond acceptors (Lipinski definition) is 5. The minimum Gasteiger partial charge on any atom is -0.480 e. The number of carbonyl (C=O) groups is 2. The number of hydrogen-bond donors (Lipinski definition) is 1. The van der Waals surface area contributed by atoms with Crippen molar-refractivity contribution < 1.29 is 23.1 Å². The molecular formula is C14H23N3O5S. The number of likely N-dealkylation sites (tertiary alicyclic amines) is 1. The van der Waals surface area contributed by atoms with E-state index in [9.17, 15) is 18.0 Å². The normalized spacial score (nSPS) is 31.0. The second kappa shape index (κ2) is 6.27. The molecule has 3 saturated heterocycles. The number of carbonyl (C=O) groups excluding carboxylic acids is 1. The summed E-state index contributed by atoms with van der Waals surface area (Å²) in [4.78, 5) is 28.9. The first-order chi connectivity index (χ1) is 10.9. The molecule has 3 fully saturated rings. The second-order valence-corrected chi connectivity index (χ2v) is 8.75. The molecular weight excluding hydrogens is 322 g/mol. The Morgan fingerprint density at radius 3 is 2.26 bits per heavy atom. The van der Waals surface area contributed by atoms with Gasteiger partial charge in [0.1, 0.15) is 0 Å². The standard InChI is InChI=1S/C14H23N3O5S/c18-13(19)8-16-6-7-17(12-10-23(21,22)9-11(12)16)14(20)15-4-2-1-3-5-15/h11-12H,1-10H2,(H,18,19)/t11-,12+/m1/s1. The van der Waals surface area contributed by atoms with E-state index in [1.165, 1.54) is 0 Å². The average molecular weight is 345 g/mol. The molecule has 0 aromatic heterocycles. The minimum atomic E-state index is -3.24. The van der Waals surface area contributed by atoms with Gasteiger partial charge in [-0.15, -0.1) is 0 Å². The molecule has 2 amide bonds. The summed E-state index contributed by atoms with van der Waals surface area (Å²) in [7, 11) is -3.24. The van der Waals surface area contributed by atoms with E-state index >= 15 is 0 Å². The first-order valence-electron chi connectivity index (χ1n) is 8.09.